The zero-order valence-corrected chi connectivity index (χ0v) is 17.8. The molecule has 1 aliphatic carbocycles. The second kappa shape index (κ2) is 9.32. The first-order valence-electron chi connectivity index (χ1n) is 11.1. The van der Waals surface area contributed by atoms with Crippen LogP contribution in [0.25, 0.3) is 11.4 Å². The van der Waals surface area contributed by atoms with Crippen molar-refractivity contribution < 1.29 is 9.59 Å². The number of anilines is 1. The number of hydrogen-bond donors (Lipinski definition) is 1. The van der Waals surface area contributed by atoms with Crippen molar-refractivity contribution in [3.8, 4) is 11.4 Å². The summed E-state index contributed by atoms with van der Waals surface area (Å²) in [5.41, 5.74) is 3.34. The lowest BCUT2D eigenvalue weighted by atomic mass is 9.97. The van der Waals surface area contributed by atoms with E-state index in [2.05, 4.69) is 16.5 Å². The van der Waals surface area contributed by atoms with Crippen LogP contribution in [0.5, 0.6) is 0 Å². The number of nitrogens with zero attached hydrogens (tertiary/aromatic N) is 4. The van der Waals surface area contributed by atoms with Crippen LogP contribution in [0.2, 0.25) is 0 Å². The molecule has 0 bridgehead atoms. The van der Waals surface area contributed by atoms with Crippen LogP contribution in [0, 0.1) is 0 Å². The lowest BCUT2D eigenvalue weighted by Crippen LogP contribution is -2.38. The minimum Gasteiger partial charge on any atom is -0.356 e. The molecule has 7 heteroatoms. The number of aromatic nitrogens is 3. The van der Waals surface area contributed by atoms with Crippen molar-refractivity contribution in [2.24, 2.45) is 7.05 Å². The first kappa shape index (κ1) is 20.4. The minimum absolute atomic E-state index is 0.0144. The van der Waals surface area contributed by atoms with E-state index in [0.29, 0.717) is 13.1 Å². The van der Waals surface area contributed by atoms with Gasteiger partial charge in [-0.1, -0.05) is 11.6 Å². The molecular formula is C23H31N5O2. The van der Waals surface area contributed by atoms with E-state index < -0.39 is 0 Å². The lowest BCUT2D eigenvalue weighted by molar-refractivity contribution is -0.125. The van der Waals surface area contributed by atoms with Crippen molar-refractivity contribution in [2.45, 2.75) is 57.9 Å². The molecule has 160 valence electrons. The molecule has 7 nitrogen and oxygen atoms in total. The highest BCUT2D eigenvalue weighted by atomic mass is 16.2. The number of carbonyl (C=O) groups excluding carboxylic acids is 2. The number of rotatable bonds is 7. The number of carbonyl (C=O) groups is 2. The second-order valence-corrected chi connectivity index (χ2v) is 8.22. The molecule has 4 rings (SSSR count). The minimum atomic E-state index is -0.0465. The Morgan fingerprint density at radius 2 is 2.07 bits per heavy atom. The molecule has 2 aromatic rings. The summed E-state index contributed by atoms with van der Waals surface area (Å²) in [4.78, 5) is 26.8. The fourth-order valence-corrected chi connectivity index (χ4v) is 4.32. The van der Waals surface area contributed by atoms with Gasteiger partial charge in [-0.3, -0.25) is 14.5 Å². The second-order valence-electron chi connectivity index (χ2n) is 8.22. The smallest absolute Gasteiger partial charge is 0.228 e. The van der Waals surface area contributed by atoms with Crippen LogP contribution < -0.4 is 10.2 Å². The SMILES string of the molecule is Cn1cccc1-c1cc2n(n1)CCCN2C(=O)CCC(=O)NCCC1=CCCCC1. The third-order valence-electron chi connectivity index (χ3n) is 6.01. The van der Waals surface area contributed by atoms with Crippen molar-refractivity contribution in [1.29, 1.82) is 0 Å². The highest BCUT2D eigenvalue weighted by Gasteiger charge is 2.25. The Labute approximate surface area is 177 Å². The molecule has 0 saturated heterocycles. The van der Waals surface area contributed by atoms with Gasteiger partial charge < -0.3 is 9.88 Å². The van der Waals surface area contributed by atoms with Gasteiger partial charge >= 0.3 is 0 Å². The van der Waals surface area contributed by atoms with Crippen molar-refractivity contribution in [1.82, 2.24) is 19.7 Å². The molecule has 1 N–H and O–H groups in total. The van der Waals surface area contributed by atoms with Gasteiger partial charge in [-0.25, -0.2) is 4.68 Å². The predicted octanol–water partition coefficient (Wildman–Crippen LogP) is 3.41. The summed E-state index contributed by atoms with van der Waals surface area (Å²) in [6.45, 7) is 2.14. The normalized spacial score (nSPS) is 16.2. The highest BCUT2D eigenvalue weighted by molar-refractivity contribution is 5.95. The third kappa shape index (κ3) is 4.66. The summed E-state index contributed by atoms with van der Waals surface area (Å²) < 4.78 is 3.93. The average molecular weight is 410 g/mol. The van der Waals surface area contributed by atoms with Crippen molar-refractivity contribution in [3.63, 3.8) is 0 Å². The first-order chi connectivity index (χ1) is 14.6. The zero-order valence-electron chi connectivity index (χ0n) is 17.8. The van der Waals surface area contributed by atoms with Crippen LogP contribution in [0.15, 0.2) is 36.0 Å². The molecule has 0 spiro atoms. The molecule has 1 aliphatic heterocycles. The maximum absolute atomic E-state index is 12.8. The number of amides is 2. The van der Waals surface area contributed by atoms with Crippen molar-refractivity contribution >= 4 is 17.6 Å². The van der Waals surface area contributed by atoms with E-state index in [1.807, 2.05) is 40.7 Å². The van der Waals surface area contributed by atoms with Gasteiger partial charge in [0.2, 0.25) is 11.8 Å². The number of hydrogen-bond acceptors (Lipinski definition) is 3. The molecule has 2 amide bonds. The van der Waals surface area contributed by atoms with Crippen molar-refractivity contribution in [3.05, 3.63) is 36.0 Å². The summed E-state index contributed by atoms with van der Waals surface area (Å²) >= 11 is 0. The van der Waals surface area contributed by atoms with E-state index >= 15 is 0 Å². The summed E-state index contributed by atoms with van der Waals surface area (Å²) in [6, 6.07) is 5.98. The Morgan fingerprint density at radius 3 is 2.83 bits per heavy atom. The van der Waals surface area contributed by atoms with E-state index in [-0.39, 0.29) is 24.7 Å². The Bertz CT molecular complexity index is 939. The van der Waals surface area contributed by atoms with Crippen LogP contribution >= 0.6 is 0 Å². The van der Waals surface area contributed by atoms with Crippen LogP contribution in [0.1, 0.15) is 51.4 Å². The summed E-state index contributed by atoms with van der Waals surface area (Å²) in [5.74, 6) is 0.765. The van der Waals surface area contributed by atoms with Crippen molar-refractivity contribution in [2.75, 3.05) is 18.0 Å². The standard InChI is InChI=1S/C23H31N5O2/c1-26-14-5-9-20(26)19-17-22-27(15-6-16-28(22)25-19)23(30)11-10-21(29)24-13-12-18-7-3-2-4-8-18/h5,7,9,14,17H,2-4,6,8,10-13,15-16H2,1H3,(H,24,29). The maximum atomic E-state index is 12.8. The first-order valence-corrected chi connectivity index (χ1v) is 11.1. The van der Waals surface area contributed by atoms with E-state index in [4.69, 9.17) is 0 Å². The van der Waals surface area contributed by atoms with E-state index in [1.54, 1.807) is 4.90 Å². The predicted molar refractivity (Wildman–Crippen MR) is 117 cm³/mol. The van der Waals surface area contributed by atoms with Gasteiger partial charge in [0.25, 0.3) is 0 Å². The lowest BCUT2D eigenvalue weighted by Gasteiger charge is -2.27. The largest absolute Gasteiger partial charge is 0.356 e. The molecule has 2 aliphatic rings. The maximum Gasteiger partial charge on any atom is 0.228 e. The Hall–Kier alpha value is -2.83. The van der Waals surface area contributed by atoms with Crippen LogP contribution in [0.3, 0.4) is 0 Å². The topological polar surface area (TPSA) is 72.2 Å². The van der Waals surface area contributed by atoms with Gasteiger partial charge in [-0.2, -0.15) is 5.10 Å². The van der Waals surface area contributed by atoms with Gasteiger partial charge in [0, 0.05) is 51.8 Å². The third-order valence-corrected chi connectivity index (χ3v) is 6.01. The van der Waals surface area contributed by atoms with E-state index in [0.717, 1.165) is 49.4 Å². The molecular weight excluding hydrogens is 378 g/mol. The Kier molecular flexibility index (Phi) is 6.35. The van der Waals surface area contributed by atoms with Gasteiger partial charge in [0.15, 0.2) is 0 Å². The molecule has 3 heterocycles. The Balaban J connectivity index is 1.30. The van der Waals surface area contributed by atoms with Gasteiger partial charge in [-0.15, -0.1) is 0 Å². The molecule has 0 unspecified atom stereocenters. The molecule has 0 atom stereocenters. The van der Waals surface area contributed by atoms with Crippen LogP contribution in [0.4, 0.5) is 5.82 Å². The highest BCUT2D eigenvalue weighted by Crippen LogP contribution is 2.28. The summed E-state index contributed by atoms with van der Waals surface area (Å²) in [6.07, 6.45) is 11.4. The number of allylic oxidation sites excluding steroid dienone is 1. The Morgan fingerprint density at radius 1 is 1.17 bits per heavy atom. The molecule has 0 aromatic carbocycles. The number of fused-ring (bicyclic) bond motifs is 1. The van der Waals surface area contributed by atoms with Gasteiger partial charge in [0.1, 0.15) is 11.5 Å². The fourth-order valence-electron chi connectivity index (χ4n) is 4.32. The van der Waals surface area contributed by atoms with E-state index in [9.17, 15) is 9.59 Å². The number of aryl methyl sites for hydroxylation is 2. The molecule has 0 fully saturated rings. The monoisotopic (exact) mass is 409 g/mol. The molecule has 2 aromatic heterocycles. The quantitative estimate of drug-likeness (QED) is 0.713. The van der Waals surface area contributed by atoms with E-state index in [1.165, 1.54) is 18.4 Å². The average Bonchev–Trinajstić information content (AvgIpc) is 3.38. The molecule has 0 radical (unpaired) electrons. The van der Waals surface area contributed by atoms with Gasteiger partial charge in [0.05, 0.1) is 5.69 Å². The molecule has 30 heavy (non-hydrogen) atoms. The van der Waals surface area contributed by atoms with Gasteiger partial charge in [-0.05, 0) is 50.7 Å². The zero-order chi connectivity index (χ0) is 20.9. The van der Waals surface area contributed by atoms with Crippen LogP contribution in [-0.2, 0) is 23.2 Å². The number of nitrogens with one attached hydrogen (secondary N) is 1. The molecule has 0 saturated carbocycles. The summed E-state index contributed by atoms with van der Waals surface area (Å²) in [5, 5.41) is 7.65. The van der Waals surface area contributed by atoms with Crippen LogP contribution in [-0.4, -0.2) is 39.3 Å². The summed E-state index contributed by atoms with van der Waals surface area (Å²) in [7, 11) is 1.99. The fraction of sp³-hybridized carbons (Fsp3) is 0.522.